The summed E-state index contributed by atoms with van der Waals surface area (Å²) in [5, 5.41) is 1.14. The highest BCUT2D eigenvalue weighted by Crippen LogP contribution is 2.33. The first-order valence-electron chi connectivity index (χ1n) is 6.00. The van der Waals surface area contributed by atoms with Gasteiger partial charge in [0.05, 0.1) is 0 Å². The summed E-state index contributed by atoms with van der Waals surface area (Å²) in [6.45, 7) is 7.00. The van der Waals surface area contributed by atoms with Crippen molar-refractivity contribution < 1.29 is 4.79 Å². The summed E-state index contributed by atoms with van der Waals surface area (Å²) < 4.78 is 0. The minimum Gasteiger partial charge on any atom is -0.341 e. The van der Waals surface area contributed by atoms with Gasteiger partial charge < -0.3 is 4.90 Å². The van der Waals surface area contributed by atoms with E-state index in [-0.39, 0.29) is 5.91 Å². The number of hydrogen-bond acceptors (Lipinski definition) is 4. The Kier molecular flexibility index (Phi) is 4.36. The zero-order chi connectivity index (χ0) is 13.0. The van der Waals surface area contributed by atoms with Gasteiger partial charge in [-0.1, -0.05) is 17.8 Å². The Morgan fingerprint density at radius 2 is 2.28 bits per heavy atom. The number of likely N-dealkylation sites (tertiary alicyclic amines) is 1. The maximum absolute atomic E-state index is 11.5. The monoisotopic (exact) mass is 263 g/mol. The van der Waals surface area contributed by atoms with Crippen molar-refractivity contribution in [3.63, 3.8) is 0 Å². The van der Waals surface area contributed by atoms with E-state index in [1.165, 1.54) is 0 Å². The molecule has 5 heteroatoms. The van der Waals surface area contributed by atoms with Crippen molar-refractivity contribution >= 4 is 17.7 Å². The van der Waals surface area contributed by atoms with E-state index in [0.29, 0.717) is 11.2 Å². The second kappa shape index (κ2) is 6.00. The summed E-state index contributed by atoms with van der Waals surface area (Å²) in [6, 6.07) is 1.81. The fourth-order valence-electron chi connectivity index (χ4n) is 2.15. The lowest BCUT2D eigenvalue weighted by molar-refractivity contribution is -0.127. The standard InChI is InChI=1S/C13H17N3OS/c1-3-5-11-8-16(10(2)17)9-12(11)18-13-14-6-4-7-15-13/h3-4,6-7,11-12H,1,5,8-9H2,2H3/t11-,12-/m0/s1. The lowest BCUT2D eigenvalue weighted by atomic mass is 10.1. The Balaban J connectivity index is 2.05. The normalized spacial score (nSPS) is 23.1. The fraction of sp³-hybridized carbons (Fsp3) is 0.462. The molecule has 1 aromatic heterocycles. The van der Waals surface area contributed by atoms with Crippen molar-refractivity contribution in [3.8, 4) is 0 Å². The molecule has 96 valence electrons. The van der Waals surface area contributed by atoms with Gasteiger partial charge in [-0.15, -0.1) is 6.58 Å². The molecular weight excluding hydrogens is 246 g/mol. The van der Waals surface area contributed by atoms with E-state index in [9.17, 15) is 4.79 Å². The number of nitrogens with zero attached hydrogens (tertiary/aromatic N) is 3. The van der Waals surface area contributed by atoms with Gasteiger partial charge in [-0.25, -0.2) is 9.97 Å². The number of allylic oxidation sites excluding steroid dienone is 1. The summed E-state index contributed by atoms with van der Waals surface area (Å²) in [6.07, 6.45) is 6.34. The van der Waals surface area contributed by atoms with Gasteiger partial charge in [0.1, 0.15) is 0 Å². The Labute approximate surface area is 112 Å². The van der Waals surface area contributed by atoms with Crippen molar-refractivity contribution in [3.05, 3.63) is 31.1 Å². The molecule has 1 aliphatic heterocycles. The fourth-order valence-corrected chi connectivity index (χ4v) is 3.31. The lowest BCUT2D eigenvalue weighted by Crippen LogP contribution is -2.26. The van der Waals surface area contributed by atoms with Crippen molar-refractivity contribution in [2.24, 2.45) is 5.92 Å². The topological polar surface area (TPSA) is 46.1 Å². The Morgan fingerprint density at radius 1 is 1.56 bits per heavy atom. The van der Waals surface area contributed by atoms with E-state index in [2.05, 4.69) is 16.5 Å². The van der Waals surface area contributed by atoms with Gasteiger partial charge in [-0.3, -0.25) is 4.79 Å². The van der Waals surface area contributed by atoms with E-state index >= 15 is 0 Å². The van der Waals surface area contributed by atoms with Gasteiger partial charge in [0.25, 0.3) is 0 Å². The molecule has 1 fully saturated rings. The van der Waals surface area contributed by atoms with Crippen LogP contribution in [0.15, 0.2) is 36.3 Å². The smallest absolute Gasteiger partial charge is 0.219 e. The molecule has 0 aromatic carbocycles. The van der Waals surface area contributed by atoms with Crippen LogP contribution in [-0.4, -0.2) is 39.1 Å². The van der Waals surface area contributed by atoms with E-state index in [1.807, 2.05) is 17.0 Å². The van der Waals surface area contributed by atoms with Gasteiger partial charge >= 0.3 is 0 Å². The molecule has 18 heavy (non-hydrogen) atoms. The van der Waals surface area contributed by atoms with E-state index in [0.717, 1.165) is 24.7 Å². The Hall–Kier alpha value is -1.36. The predicted octanol–water partition coefficient (Wildman–Crippen LogP) is 1.99. The number of thioether (sulfide) groups is 1. The number of carbonyl (C=O) groups excluding carboxylic acids is 1. The molecule has 4 nitrogen and oxygen atoms in total. The van der Waals surface area contributed by atoms with Gasteiger partial charge in [0, 0.05) is 37.7 Å². The zero-order valence-corrected chi connectivity index (χ0v) is 11.3. The summed E-state index contributed by atoms with van der Waals surface area (Å²) in [4.78, 5) is 21.8. The van der Waals surface area contributed by atoms with Crippen LogP contribution in [0.25, 0.3) is 0 Å². The maximum Gasteiger partial charge on any atom is 0.219 e. The molecule has 0 unspecified atom stereocenters. The molecule has 1 amide bonds. The average molecular weight is 263 g/mol. The minimum atomic E-state index is 0.140. The van der Waals surface area contributed by atoms with Crippen LogP contribution in [0.4, 0.5) is 0 Å². The second-order valence-corrected chi connectivity index (χ2v) is 5.60. The number of hydrogen-bond donors (Lipinski definition) is 0. The molecule has 2 heterocycles. The molecule has 0 N–H and O–H groups in total. The highest BCUT2D eigenvalue weighted by atomic mass is 32.2. The van der Waals surface area contributed by atoms with E-state index in [4.69, 9.17) is 0 Å². The van der Waals surface area contributed by atoms with Crippen molar-refractivity contribution in [2.45, 2.75) is 23.8 Å². The van der Waals surface area contributed by atoms with Gasteiger partial charge in [0.15, 0.2) is 5.16 Å². The van der Waals surface area contributed by atoms with Crippen LogP contribution < -0.4 is 0 Å². The van der Waals surface area contributed by atoms with Gasteiger partial charge in [0.2, 0.25) is 5.91 Å². The minimum absolute atomic E-state index is 0.140. The molecule has 0 aliphatic carbocycles. The highest BCUT2D eigenvalue weighted by molar-refractivity contribution is 7.99. The van der Waals surface area contributed by atoms with Crippen LogP contribution in [0, 0.1) is 5.92 Å². The lowest BCUT2D eigenvalue weighted by Gasteiger charge is -2.14. The van der Waals surface area contributed by atoms with Crippen LogP contribution in [-0.2, 0) is 4.79 Å². The molecule has 2 rings (SSSR count). The third kappa shape index (κ3) is 3.10. The summed E-state index contributed by atoms with van der Waals surface area (Å²) >= 11 is 1.66. The largest absolute Gasteiger partial charge is 0.341 e. The molecule has 2 atom stereocenters. The first kappa shape index (κ1) is 13.1. The molecule has 0 radical (unpaired) electrons. The summed E-state index contributed by atoms with van der Waals surface area (Å²) in [5.41, 5.74) is 0. The molecule has 0 spiro atoms. The van der Waals surface area contributed by atoms with Crippen LogP contribution in [0.5, 0.6) is 0 Å². The maximum atomic E-state index is 11.5. The van der Waals surface area contributed by atoms with Crippen molar-refractivity contribution in [2.75, 3.05) is 13.1 Å². The molecule has 0 saturated carbocycles. The average Bonchev–Trinajstić information content (AvgIpc) is 2.75. The van der Waals surface area contributed by atoms with Crippen LogP contribution in [0.3, 0.4) is 0 Å². The molecular formula is C13H17N3OS. The van der Waals surface area contributed by atoms with Crippen LogP contribution in [0.1, 0.15) is 13.3 Å². The number of rotatable bonds is 4. The number of carbonyl (C=O) groups is 1. The van der Waals surface area contributed by atoms with Crippen molar-refractivity contribution in [1.82, 2.24) is 14.9 Å². The molecule has 0 bridgehead atoms. The molecule has 1 aliphatic rings. The third-order valence-corrected chi connectivity index (χ3v) is 4.35. The molecule has 1 aromatic rings. The van der Waals surface area contributed by atoms with Crippen molar-refractivity contribution in [1.29, 1.82) is 0 Å². The van der Waals surface area contributed by atoms with E-state index < -0.39 is 0 Å². The second-order valence-electron chi connectivity index (χ2n) is 4.40. The number of aromatic nitrogens is 2. The quantitative estimate of drug-likeness (QED) is 0.615. The van der Waals surface area contributed by atoms with Gasteiger partial charge in [-0.2, -0.15) is 0 Å². The summed E-state index contributed by atoms with van der Waals surface area (Å²) in [5.74, 6) is 0.585. The Morgan fingerprint density at radius 3 is 2.89 bits per heavy atom. The molecule has 1 saturated heterocycles. The zero-order valence-electron chi connectivity index (χ0n) is 10.5. The van der Waals surface area contributed by atoms with Crippen LogP contribution >= 0.6 is 11.8 Å². The third-order valence-electron chi connectivity index (χ3n) is 3.09. The highest BCUT2D eigenvalue weighted by Gasteiger charge is 2.34. The summed E-state index contributed by atoms with van der Waals surface area (Å²) in [7, 11) is 0. The van der Waals surface area contributed by atoms with Crippen LogP contribution in [0.2, 0.25) is 0 Å². The first-order chi connectivity index (χ1) is 8.70. The number of amides is 1. The first-order valence-corrected chi connectivity index (χ1v) is 6.88. The predicted molar refractivity (Wildman–Crippen MR) is 72.2 cm³/mol. The SMILES string of the molecule is C=CC[C@H]1CN(C(C)=O)C[C@@H]1Sc1ncccn1. The van der Waals surface area contributed by atoms with Gasteiger partial charge in [-0.05, 0) is 18.4 Å². The Bertz CT molecular complexity index is 424. The van der Waals surface area contributed by atoms with E-state index in [1.54, 1.807) is 31.1 Å².